The predicted molar refractivity (Wildman–Crippen MR) is 73.5 cm³/mol. The number of nitrogens with zero attached hydrogens (tertiary/aromatic N) is 2. The van der Waals surface area contributed by atoms with E-state index in [1.54, 1.807) is 31.2 Å². The van der Waals surface area contributed by atoms with Crippen LogP contribution in [0.25, 0.3) is 0 Å². The van der Waals surface area contributed by atoms with Crippen molar-refractivity contribution >= 4 is 11.7 Å². The van der Waals surface area contributed by atoms with Crippen molar-refractivity contribution in [2.24, 2.45) is 5.10 Å². The van der Waals surface area contributed by atoms with Crippen LogP contribution in [0.2, 0.25) is 0 Å². The zero-order valence-corrected chi connectivity index (χ0v) is 10.6. The maximum atomic E-state index is 11.3. The van der Waals surface area contributed by atoms with Crippen molar-refractivity contribution in [3.8, 4) is 5.75 Å². The van der Waals surface area contributed by atoms with Gasteiger partial charge in [-0.05, 0) is 43.7 Å². The quantitative estimate of drug-likeness (QED) is 0.576. The summed E-state index contributed by atoms with van der Waals surface area (Å²) in [5.74, 6) is 0.498. The van der Waals surface area contributed by atoms with E-state index in [2.05, 4.69) is 20.5 Å². The maximum absolute atomic E-state index is 11.3. The molecule has 3 N–H and O–H groups in total. The van der Waals surface area contributed by atoms with E-state index in [9.17, 15) is 9.90 Å². The van der Waals surface area contributed by atoms with Crippen LogP contribution in [-0.2, 0) is 0 Å². The number of hydrogen-bond acceptors (Lipinski definition) is 5. The Balaban J connectivity index is 2.17. The standard InChI is InChI=1S/C13H14N4O2/c1-8-7-12(19)15-13(14-8)17-16-9(2)10-3-5-11(18)6-4-10/h3-7,18H,1-2H3,(H2,14,15,17,19)/b16-9+. The van der Waals surface area contributed by atoms with Gasteiger partial charge in [-0.15, -0.1) is 0 Å². The third-order valence-electron chi connectivity index (χ3n) is 2.48. The van der Waals surface area contributed by atoms with Gasteiger partial charge in [0.15, 0.2) is 0 Å². The van der Waals surface area contributed by atoms with E-state index < -0.39 is 0 Å². The molecule has 0 atom stereocenters. The molecule has 0 aliphatic heterocycles. The van der Waals surface area contributed by atoms with E-state index in [0.717, 1.165) is 5.56 Å². The molecule has 0 unspecified atom stereocenters. The van der Waals surface area contributed by atoms with Crippen molar-refractivity contribution < 1.29 is 5.11 Å². The summed E-state index contributed by atoms with van der Waals surface area (Å²) in [6, 6.07) is 8.08. The van der Waals surface area contributed by atoms with E-state index in [1.165, 1.54) is 6.07 Å². The molecule has 6 nitrogen and oxygen atoms in total. The third kappa shape index (κ3) is 3.41. The number of H-pyrrole nitrogens is 1. The molecule has 0 spiro atoms. The molecule has 0 fully saturated rings. The van der Waals surface area contributed by atoms with Gasteiger partial charge >= 0.3 is 0 Å². The van der Waals surface area contributed by atoms with Gasteiger partial charge in [-0.25, -0.2) is 10.4 Å². The molecule has 0 saturated carbocycles. The number of aryl methyl sites for hydroxylation is 1. The van der Waals surface area contributed by atoms with Gasteiger partial charge in [0.05, 0.1) is 5.71 Å². The molecule has 98 valence electrons. The zero-order chi connectivity index (χ0) is 13.8. The Morgan fingerprint density at radius 3 is 2.68 bits per heavy atom. The smallest absolute Gasteiger partial charge is 0.252 e. The number of hydrogen-bond donors (Lipinski definition) is 3. The van der Waals surface area contributed by atoms with E-state index in [-0.39, 0.29) is 11.3 Å². The van der Waals surface area contributed by atoms with E-state index >= 15 is 0 Å². The molecule has 2 rings (SSSR count). The summed E-state index contributed by atoms with van der Waals surface area (Å²) in [4.78, 5) is 17.9. The fourth-order valence-corrected chi connectivity index (χ4v) is 1.54. The molecule has 2 aromatic rings. The minimum atomic E-state index is -0.229. The summed E-state index contributed by atoms with van der Waals surface area (Å²) < 4.78 is 0. The average molecular weight is 258 g/mol. The molecule has 1 aromatic carbocycles. The number of aromatic hydroxyl groups is 1. The van der Waals surface area contributed by atoms with Gasteiger partial charge in [-0.1, -0.05) is 0 Å². The fourth-order valence-electron chi connectivity index (χ4n) is 1.54. The molecular formula is C13H14N4O2. The predicted octanol–water partition coefficient (Wildman–Crippen LogP) is 1.62. The molecule has 0 saturated heterocycles. The highest BCUT2D eigenvalue weighted by molar-refractivity contribution is 5.99. The number of rotatable bonds is 3. The number of aromatic amines is 1. The number of aromatic nitrogens is 2. The first-order valence-electron chi connectivity index (χ1n) is 5.72. The van der Waals surface area contributed by atoms with Crippen molar-refractivity contribution in [3.05, 3.63) is 51.9 Å². The Kier molecular flexibility index (Phi) is 3.61. The van der Waals surface area contributed by atoms with Crippen LogP contribution in [0.1, 0.15) is 18.2 Å². The van der Waals surface area contributed by atoms with Gasteiger partial charge in [0, 0.05) is 11.8 Å². The van der Waals surface area contributed by atoms with Crippen molar-refractivity contribution in [3.63, 3.8) is 0 Å². The maximum Gasteiger partial charge on any atom is 0.252 e. The lowest BCUT2D eigenvalue weighted by Gasteiger charge is -2.03. The topological polar surface area (TPSA) is 90.4 Å². The van der Waals surface area contributed by atoms with Crippen LogP contribution >= 0.6 is 0 Å². The number of benzene rings is 1. The second-order valence-corrected chi connectivity index (χ2v) is 4.09. The van der Waals surface area contributed by atoms with Gasteiger partial charge in [-0.2, -0.15) is 5.10 Å². The summed E-state index contributed by atoms with van der Waals surface area (Å²) in [5.41, 5.74) is 4.66. The van der Waals surface area contributed by atoms with Gasteiger partial charge < -0.3 is 5.11 Å². The molecule has 0 radical (unpaired) electrons. The molecule has 19 heavy (non-hydrogen) atoms. The highest BCUT2D eigenvalue weighted by Crippen LogP contribution is 2.10. The first-order chi connectivity index (χ1) is 9.04. The Labute approximate surface area is 109 Å². The van der Waals surface area contributed by atoms with Crippen LogP contribution in [0.3, 0.4) is 0 Å². The number of anilines is 1. The van der Waals surface area contributed by atoms with E-state index in [1.807, 2.05) is 6.92 Å². The molecule has 6 heteroatoms. The van der Waals surface area contributed by atoms with Crippen LogP contribution in [0, 0.1) is 6.92 Å². The van der Waals surface area contributed by atoms with Crippen LogP contribution in [-0.4, -0.2) is 20.8 Å². The van der Waals surface area contributed by atoms with E-state index in [0.29, 0.717) is 17.4 Å². The van der Waals surface area contributed by atoms with E-state index in [4.69, 9.17) is 0 Å². The Morgan fingerprint density at radius 1 is 1.37 bits per heavy atom. The van der Waals surface area contributed by atoms with Crippen LogP contribution < -0.4 is 11.0 Å². The van der Waals surface area contributed by atoms with Crippen LogP contribution in [0.4, 0.5) is 5.95 Å². The minimum absolute atomic E-state index is 0.203. The van der Waals surface area contributed by atoms with Gasteiger partial charge in [0.2, 0.25) is 5.95 Å². The minimum Gasteiger partial charge on any atom is -0.508 e. The Hall–Kier alpha value is -2.63. The van der Waals surface area contributed by atoms with Gasteiger partial charge in [-0.3, -0.25) is 9.78 Å². The SMILES string of the molecule is C/C(=N\Nc1nc(C)cc(=O)[nH]1)c1ccc(O)cc1. The van der Waals surface area contributed by atoms with Crippen molar-refractivity contribution in [2.45, 2.75) is 13.8 Å². The first kappa shape index (κ1) is 12.8. The molecule has 0 aliphatic rings. The largest absolute Gasteiger partial charge is 0.508 e. The Morgan fingerprint density at radius 2 is 2.05 bits per heavy atom. The lowest BCUT2D eigenvalue weighted by atomic mass is 10.1. The van der Waals surface area contributed by atoms with Gasteiger partial charge in [0.25, 0.3) is 5.56 Å². The molecule has 1 heterocycles. The van der Waals surface area contributed by atoms with Gasteiger partial charge in [0.1, 0.15) is 5.75 Å². The number of phenols is 1. The highest BCUT2D eigenvalue weighted by Gasteiger charge is 1.99. The second kappa shape index (κ2) is 5.34. The lowest BCUT2D eigenvalue weighted by molar-refractivity contribution is 0.475. The fraction of sp³-hybridized carbons (Fsp3) is 0.154. The zero-order valence-electron chi connectivity index (χ0n) is 10.6. The number of hydrazone groups is 1. The van der Waals surface area contributed by atoms with Crippen LogP contribution in [0.5, 0.6) is 5.75 Å². The summed E-state index contributed by atoms with van der Waals surface area (Å²) in [7, 11) is 0. The van der Waals surface area contributed by atoms with Crippen molar-refractivity contribution in [1.82, 2.24) is 9.97 Å². The summed E-state index contributed by atoms with van der Waals surface area (Å²) >= 11 is 0. The molecular weight excluding hydrogens is 244 g/mol. The molecule has 1 aromatic heterocycles. The van der Waals surface area contributed by atoms with Crippen LogP contribution in [0.15, 0.2) is 40.2 Å². The Bertz CT molecular complexity index is 659. The number of nitrogens with one attached hydrogen (secondary N) is 2. The normalized spacial score (nSPS) is 11.4. The van der Waals surface area contributed by atoms with Crippen molar-refractivity contribution in [1.29, 1.82) is 0 Å². The number of phenolic OH excluding ortho intramolecular Hbond substituents is 1. The molecule has 0 bridgehead atoms. The lowest BCUT2D eigenvalue weighted by Crippen LogP contribution is -2.11. The average Bonchev–Trinajstić information content (AvgIpc) is 2.36. The second-order valence-electron chi connectivity index (χ2n) is 4.09. The molecule has 0 aliphatic carbocycles. The summed E-state index contributed by atoms with van der Waals surface area (Å²) in [5, 5.41) is 13.3. The van der Waals surface area contributed by atoms with Crippen molar-refractivity contribution in [2.75, 3.05) is 5.43 Å². The summed E-state index contributed by atoms with van der Waals surface area (Å²) in [6.07, 6.45) is 0. The third-order valence-corrected chi connectivity index (χ3v) is 2.48. The molecule has 0 amide bonds. The summed E-state index contributed by atoms with van der Waals surface area (Å²) in [6.45, 7) is 3.55. The first-order valence-corrected chi connectivity index (χ1v) is 5.72. The highest BCUT2D eigenvalue weighted by atomic mass is 16.3. The monoisotopic (exact) mass is 258 g/mol.